The van der Waals surface area contributed by atoms with E-state index in [1.807, 2.05) is 13.0 Å². The molecule has 0 bridgehead atoms. The number of ketones is 1. The number of nitrogens with zero attached hydrogens (tertiary/aromatic N) is 2. The molecule has 0 amide bonds. The van der Waals surface area contributed by atoms with Gasteiger partial charge in [0.2, 0.25) is 0 Å². The third-order valence-corrected chi connectivity index (χ3v) is 6.84. The predicted molar refractivity (Wildman–Crippen MR) is 96.8 cm³/mol. The van der Waals surface area contributed by atoms with Crippen LogP contribution in [0.3, 0.4) is 0 Å². The van der Waals surface area contributed by atoms with Crippen molar-refractivity contribution in [2.24, 2.45) is 0 Å². The number of rotatable bonds is 6. The number of aryl methyl sites for hydroxylation is 1. The summed E-state index contributed by atoms with van der Waals surface area (Å²) >= 11 is 4.72. The zero-order valence-electron chi connectivity index (χ0n) is 13.5. The Labute approximate surface area is 144 Å². The van der Waals surface area contributed by atoms with Crippen molar-refractivity contribution in [2.75, 3.05) is 11.5 Å². The van der Waals surface area contributed by atoms with Crippen LogP contribution in [0.1, 0.15) is 39.5 Å². The highest BCUT2D eigenvalue weighted by Crippen LogP contribution is 2.29. The standard InChI is InChI=1S/C16H20N2OS3/c1-6-20-15-17-18-16(22-15)21-8-14(19)13-7-9(2)10(3)11(4)12(13)5/h7H,6,8H2,1-5H3. The Hall–Kier alpha value is -0.850. The molecule has 0 saturated heterocycles. The number of thioether (sulfide) groups is 2. The first-order valence-corrected chi connectivity index (χ1v) is 9.92. The summed E-state index contributed by atoms with van der Waals surface area (Å²) in [7, 11) is 0. The number of carbonyl (C=O) groups excluding carboxylic acids is 1. The summed E-state index contributed by atoms with van der Waals surface area (Å²) in [6.07, 6.45) is 0. The van der Waals surface area contributed by atoms with E-state index in [0.29, 0.717) is 5.75 Å². The van der Waals surface area contributed by atoms with Crippen molar-refractivity contribution in [3.63, 3.8) is 0 Å². The molecule has 0 aliphatic heterocycles. The molecule has 0 radical (unpaired) electrons. The van der Waals surface area contributed by atoms with Gasteiger partial charge in [-0.1, -0.05) is 41.8 Å². The van der Waals surface area contributed by atoms with Crippen LogP contribution >= 0.6 is 34.9 Å². The fourth-order valence-corrected chi connectivity index (χ4v) is 4.94. The summed E-state index contributed by atoms with van der Waals surface area (Å²) in [6, 6.07) is 2.01. The Balaban J connectivity index is 2.09. The minimum Gasteiger partial charge on any atom is -0.293 e. The fraction of sp³-hybridized carbons (Fsp3) is 0.438. The van der Waals surface area contributed by atoms with E-state index >= 15 is 0 Å². The largest absolute Gasteiger partial charge is 0.293 e. The Morgan fingerprint density at radius 1 is 1.05 bits per heavy atom. The third-order valence-electron chi connectivity index (χ3n) is 3.76. The SMILES string of the molecule is CCSc1nnc(SCC(=O)c2cc(C)c(C)c(C)c2C)s1. The van der Waals surface area contributed by atoms with Gasteiger partial charge in [0.1, 0.15) is 0 Å². The first-order valence-electron chi connectivity index (χ1n) is 7.13. The second-order valence-corrected chi connectivity index (χ2v) is 8.81. The van der Waals surface area contributed by atoms with Gasteiger partial charge in [-0.05, 0) is 61.8 Å². The molecule has 1 aromatic heterocycles. The number of Topliss-reactive ketones (excluding diaryl/α,β-unsaturated/α-hetero) is 1. The molecule has 1 heterocycles. The van der Waals surface area contributed by atoms with Gasteiger partial charge in [0.05, 0.1) is 5.75 Å². The van der Waals surface area contributed by atoms with Gasteiger partial charge in [-0.2, -0.15) is 0 Å². The quantitative estimate of drug-likeness (QED) is 0.549. The van der Waals surface area contributed by atoms with Crippen LogP contribution in [0.2, 0.25) is 0 Å². The molecule has 1 aromatic carbocycles. The minimum absolute atomic E-state index is 0.161. The van der Waals surface area contributed by atoms with E-state index in [1.54, 1.807) is 23.1 Å². The highest BCUT2D eigenvalue weighted by atomic mass is 32.2. The van der Waals surface area contributed by atoms with Crippen LogP contribution in [0.25, 0.3) is 0 Å². The molecule has 0 aliphatic rings. The van der Waals surface area contributed by atoms with E-state index in [9.17, 15) is 4.79 Å². The van der Waals surface area contributed by atoms with Gasteiger partial charge in [0, 0.05) is 5.56 Å². The van der Waals surface area contributed by atoms with Crippen LogP contribution in [0.4, 0.5) is 0 Å². The van der Waals surface area contributed by atoms with E-state index in [-0.39, 0.29) is 5.78 Å². The Morgan fingerprint density at radius 3 is 2.32 bits per heavy atom. The van der Waals surface area contributed by atoms with Crippen LogP contribution < -0.4 is 0 Å². The van der Waals surface area contributed by atoms with Crippen LogP contribution in [0, 0.1) is 27.7 Å². The molecule has 0 atom stereocenters. The first kappa shape index (κ1) is 17.5. The van der Waals surface area contributed by atoms with E-state index in [0.717, 1.165) is 25.6 Å². The molecule has 0 saturated carbocycles. The second-order valence-electron chi connectivity index (χ2n) is 5.09. The molecular weight excluding hydrogens is 332 g/mol. The van der Waals surface area contributed by atoms with Gasteiger partial charge in [-0.15, -0.1) is 10.2 Å². The molecule has 0 N–H and O–H groups in total. The molecule has 22 heavy (non-hydrogen) atoms. The lowest BCUT2D eigenvalue weighted by Crippen LogP contribution is -2.08. The molecule has 2 rings (SSSR count). The maximum Gasteiger partial charge on any atom is 0.175 e. The predicted octanol–water partition coefficient (Wildman–Crippen LogP) is 4.86. The van der Waals surface area contributed by atoms with Gasteiger partial charge in [-0.25, -0.2) is 0 Å². The van der Waals surface area contributed by atoms with Gasteiger partial charge in [0.25, 0.3) is 0 Å². The van der Waals surface area contributed by atoms with Gasteiger partial charge in [-0.3, -0.25) is 4.79 Å². The average molecular weight is 353 g/mol. The number of benzene rings is 1. The number of carbonyl (C=O) groups is 1. The Bertz CT molecular complexity index is 695. The van der Waals surface area contributed by atoms with Crippen LogP contribution in [-0.4, -0.2) is 27.5 Å². The van der Waals surface area contributed by atoms with E-state index in [4.69, 9.17) is 0 Å². The highest BCUT2D eigenvalue weighted by Gasteiger charge is 2.15. The summed E-state index contributed by atoms with van der Waals surface area (Å²) in [5, 5.41) is 8.24. The van der Waals surface area contributed by atoms with Crippen molar-refractivity contribution in [3.8, 4) is 0 Å². The van der Waals surface area contributed by atoms with Crippen molar-refractivity contribution >= 4 is 40.6 Å². The number of hydrogen-bond acceptors (Lipinski definition) is 6. The smallest absolute Gasteiger partial charge is 0.175 e. The molecule has 2 aromatic rings. The summed E-state index contributed by atoms with van der Waals surface area (Å²) in [4.78, 5) is 12.5. The van der Waals surface area contributed by atoms with Crippen molar-refractivity contribution in [3.05, 3.63) is 33.9 Å². The summed E-state index contributed by atoms with van der Waals surface area (Å²) < 4.78 is 1.83. The average Bonchev–Trinajstić information content (AvgIpc) is 2.94. The number of hydrogen-bond donors (Lipinski definition) is 0. The van der Waals surface area contributed by atoms with Crippen molar-refractivity contribution < 1.29 is 4.79 Å². The maximum absolute atomic E-state index is 12.5. The van der Waals surface area contributed by atoms with E-state index in [1.165, 1.54) is 28.5 Å². The molecule has 0 fully saturated rings. The molecule has 3 nitrogen and oxygen atoms in total. The zero-order valence-corrected chi connectivity index (χ0v) is 16.0. The molecule has 6 heteroatoms. The fourth-order valence-electron chi connectivity index (χ4n) is 2.14. The van der Waals surface area contributed by atoms with Crippen molar-refractivity contribution in [1.82, 2.24) is 10.2 Å². The first-order chi connectivity index (χ1) is 10.4. The van der Waals surface area contributed by atoms with Crippen molar-refractivity contribution in [1.29, 1.82) is 0 Å². The van der Waals surface area contributed by atoms with Gasteiger partial charge < -0.3 is 0 Å². The second kappa shape index (κ2) is 7.62. The Kier molecular flexibility index (Phi) is 6.06. The highest BCUT2D eigenvalue weighted by molar-refractivity contribution is 8.03. The monoisotopic (exact) mass is 352 g/mol. The van der Waals surface area contributed by atoms with Gasteiger partial charge >= 0.3 is 0 Å². The zero-order chi connectivity index (χ0) is 16.3. The molecular formula is C16H20N2OS3. The number of aromatic nitrogens is 2. The molecule has 0 aliphatic carbocycles. The van der Waals surface area contributed by atoms with E-state index < -0.39 is 0 Å². The summed E-state index contributed by atoms with van der Waals surface area (Å²) in [5.74, 6) is 1.56. The summed E-state index contributed by atoms with van der Waals surface area (Å²) in [6.45, 7) is 10.4. The molecule has 0 spiro atoms. The van der Waals surface area contributed by atoms with Crippen LogP contribution in [-0.2, 0) is 0 Å². The molecule has 118 valence electrons. The molecule has 0 unspecified atom stereocenters. The topological polar surface area (TPSA) is 42.9 Å². The van der Waals surface area contributed by atoms with Crippen molar-refractivity contribution in [2.45, 2.75) is 43.3 Å². The lowest BCUT2D eigenvalue weighted by atomic mass is 9.93. The lowest BCUT2D eigenvalue weighted by molar-refractivity contribution is 0.102. The third kappa shape index (κ3) is 3.91. The Morgan fingerprint density at radius 2 is 1.68 bits per heavy atom. The minimum atomic E-state index is 0.161. The summed E-state index contributed by atoms with van der Waals surface area (Å²) in [5.41, 5.74) is 5.58. The van der Waals surface area contributed by atoms with Crippen LogP contribution in [0.5, 0.6) is 0 Å². The maximum atomic E-state index is 12.5. The lowest BCUT2D eigenvalue weighted by Gasteiger charge is -2.13. The van der Waals surface area contributed by atoms with E-state index in [2.05, 4.69) is 37.9 Å². The van der Waals surface area contributed by atoms with Gasteiger partial charge in [0.15, 0.2) is 14.5 Å². The van der Waals surface area contributed by atoms with Crippen LogP contribution in [0.15, 0.2) is 14.7 Å². The normalized spacial score (nSPS) is 11.0.